The standard InChI is InChI=1S/C27H28ClFN4O4S.3C2H6.CH3NO/c28-22-11-19(29)5-6-21(22)17-3-1-16(2-4-17)9-24(34)33-15-27(36-7-8-37-27)12-23(33)26(35)32-13-20-10-18(14-38-20)25(30)31;3*1-2;2-1-3/h1-6,11,14,20,23H,7-10,12-13,15H2,(H3,30,31)(H,32,35);3*1-2H3;1H,(H2,2,3). The van der Waals surface area contributed by atoms with E-state index < -0.39 is 17.6 Å². The van der Waals surface area contributed by atoms with Gasteiger partial charge in [-0.05, 0) is 41.2 Å². The minimum Gasteiger partial charge on any atom is -0.384 e. The molecule has 2 saturated heterocycles. The topological polar surface area (TPSA) is 161 Å². The summed E-state index contributed by atoms with van der Waals surface area (Å²) < 4.78 is 25.1. The number of hydrogen-bond acceptors (Lipinski definition) is 7. The van der Waals surface area contributed by atoms with Gasteiger partial charge in [0.1, 0.15) is 17.7 Å². The maximum atomic E-state index is 13.4. The summed E-state index contributed by atoms with van der Waals surface area (Å²) >= 11 is 7.72. The van der Waals surface area contributed by atoms with Gasteiger partial charge in [0.2, 0.25) is 18.2 Å². The van der Waals surface area contributed by atoms with Gasteiger partial charge in [0, 0.05) is 29.4 Å². The highest BCUT2D eigenvalue weighted by molar-refractivity contribution is 8.03. The molecule has 2 aromatic rings. The second-order valence-electron chi connectivity index (χ2n) is 9.75. The van der Waals surface area contributed by atoms with Crippen LogP contribution in [0, 0.1) is 11.2 Å². The third kappa shape index (κ3) is 11.9. The van der Waals surface area contributed by atoms with E-state index in [4.69, 9.17) is 37.0 Å². The largest absolute Gasteiger partial charge is 0.384 e. The summed E-state index contributed by atoms with van der Waals surface area (Å²) in [6.45, 7) is 13.4. The summed E-state index contributed by atoms with van der Waals surface area (Å²) in [6.07, 6.45) is 1.23. The fourth-order valence-corrected chi connectivity index (χ4v) is 6.30. The molecule has 0 radical (unpaired) electrons. The van der Waals surface area contributed by atoms with Gasteiger partial charge in [0.25, 0.3) is 0 Å². The molecule has 2 fully saturated rings. The van der Waals surface area contributed by atoms with Gasteiger partial charge in [-0.1, -0.05) is 77.4 Å². The molecule has 0 bridgehead atoms. The average molecular weight is 694 g/mol. The number of carbonyl (C=O) groups excluding carboxylic acids is 3. The van der Waals surface area contributed by atoms with Gasteiger partial charge in [0.05, 0.1) is 31.2 Å². The van der Waals surface area contributed by atoms with Crippen LogP contribution in [0.1, 0.15) is 59.9 Å². The number of benzene rings is 2. The molecule has 13 heteroatoms. The lowest BCUT2D eigenvalue weighted by atomic mass is 10.0. The van der Waals surface area contributed by atoms with E-state index in [0.717, 1.165) is 16.7 Å². The lowest BCUT2D eigenvalue weighted by Gasteiger charge is -2.24. The summed E-state index contributed by atoms with van der Waals surface area (Å²) in [5, 5.41) is 12.8. The molecular formula is C34H49ClFN5O5S. The minimum atomic E-state index is -0.966. The van der Waals surface area contributed by atoms with Crippen LogP contribution in [0.5, 0.6) is 0 Å². The van der Waals surface area contributed by atoms with E-state index in [0.29, 0.717) is 36.8 Å². The summed E-state index contributed by atoms with van der Waals surface area (Å²) in [6, 6.07) is 10.8. The number of amides is 3. The number of rotatable bonds is 7. The second kappa shape index (κ2) is 21.4. The highest BCUT2D eigenvalue weighted by Crippen LogP contribution is 2.36. The van der Waals surface area contributed by atoms with Gasteiger partial charge in [-0.25, -0.2) is 4.39 Å². The molecule has 3 aliphatic heterocycles. The Morgan fingerprint density at radius 1 is 1.11 bits per heavy atom. The van der Waals surface area contributed by atoms with Crippen molar-refractivity contribution in [2.45, 2.75) is 77.9 Å². The SMILES string of the molecule is CC.CC.CC.N=C(N)C1=CSC(CNC(=O)C2CC3(CN2C(=O)Cc2ccc(-c4ccc(F)cc4Cl)cc2)OCCO3)C1.NC=O. The van der Waals surface area contributed by atoms with Crippen molar-refractivity contribution in [2.75, 3.05) is 26.3 Å². The lowest BCUT2D eigenvalue weighted by molar-refractivity contribution is -0.152. The number of hydrogen-bond donors (Lipinski definition) is 4. The molecule has 47 heavy (non-hydrogen) atoms. The Hall–Kier alpha value is -3.45. The monoisotopic (exact) mass is 693 g/mol. The quantitative estimate of drug-likeness (QED) is 0.165. The fourth-order valence-electron chi connectivity index (χ4n) is 4.99. The maximum absolute atomic E-state index is 13.4. The van der Waals surface area contributed by atoms with Crippen LogP contribution in [0.4, 0.5) is 4.39 Å². The molecule has 0 aliphatic carbocycles. The second-order valence-corrected chi connectivity index (χ2v) is 11.3. The van der Waals surface area contributed by atoms with E-state index in [2.05, 4.69) is 11.1 Å². The van der Waals surface area contributed by atoms with E-state index in [9.17, 15) is 14.0 Å². The molecule has 2 atom stereocenters. The van der Waals surface area contributed by atoms with Gasteiger partial charge >= 0.3 is 0 Å². The Bertz CT molecular complexity index is 1340. The molecule has 1 spiro atoms. The van der Waals surface area contributed by atoms with Crippen molar-refractivity contribution in [3.63, 3.8) is 0 Å². The van der Waals surface area contributed by atoms with Gasteiger partial charge in [-0.3, -0.25) is 19.8 Å². The third-order valence-electron chi connectivity index (χ3n) is 6.98. The van der Waals surface area contributed by atoms with Gasteiger partial charge < -0.3 is 31.2 Å². The van der Waals surface area contributed by atoms with E-state index >= 15 is 0 Å². The molecule has 3 amide bonds. The van der Waals surface area contributed by atoms with Crippen molar-refractivity contribution in [1.82, 2.24) is 10.2 Å². The van der Waals surface area contributed by atoms with Gasteiger partial charge in [-0.2, -0.15) is 0 Å². The first-order valence-corrected chi connectivity index (χ1v) is 17.2. The van der Waals surface area contributed by atoms with E-state index in [1.54, 1.807) is 11.0 Å². The van der Waals surface area contributed by atoms with E-state index in [1.165, 1.54) is 23.9 Å². The number of primary amides is 1. The molecule has 3 heterocycles. The van der Waals surface area contributed by atoms with Crippen LogP contribution >= 0.6 is 23.4 Å². The number of carbonyl (C=O) groups is 3. The van der Waals surface area contributed by atoms with E-state index in [-0.39, 0.29) is 48.7 Å². The Balaban J connectivity index is 0.00000112. The van der Waals surface area contributed by atoms with Crippen molar-refractivity contribution < 1.29 is 28.2 Å². The smallest absolute Gasteiger partial charge is 0.243 e. The number of nitrogens with zero attached hydrogens (tertiary/aromatic N) is 1. The van der Waals surface area contributed by atoms with Crippen molar-refractivity contribution in [2.24, 2.45) is 11.5 Å². The Morgan fingerprint density at radius 3 is 2.23 bits per heavy atom. The number of amidine groups is 1. The van der Waals surface area contributed by atoms with Gasteiger partial charge in [0.15, 0.2) is 5.79 Å². The zero-order valence-electron chi connectivity index (χ0n) is 28.1. The normalized spacial score (nSPS) is 18.5. The average Bonchev–Trinajstić information content (AvgIpc) is 3.85. The lowest BCUT2D eigenvalue weighted by Crippen LogP contribution is -2.47. The van der Waals surface area contributed by atoms with E-state index in [1.807, 2.05) is 71.2 Å². The molecule has 2 unspecified atom stereocenters. The van der Waals surface area contributed by atoms with Crippen LogP contribution in [0.3, 0.4) is 0 Å². The number of thioether (sulfide) groups is 1. The zero-order chi connectivity index (χ0) is 35.6. The first-order valence-electron chi connectivity index (χ1n) is 15.9. The molecule has 2 aromatic carbocycles. The Kier molecular flexibility index (Phi) is 19.0. The minimum absolute atomic E-state index is 0.0464. The van der Waals surface area contributed by atoms with Crippen LogP contribution < -0.4 is 16.8 Å². The maximum Gasteiger partial charge on any atom is 0.243 e. The molecule has 0 aromatic heterocycles. The molecule has 5 rings (SSSR count). The predicted molar refractivity (Wildman–Crippen MR) is 189 cm³/mol. The van der Waals surface area contributed by atoms with Crippen molar-refractivity contribution in [1.29, 1.82) is 5.41 Å². The third-order valence-corrected chi connectivity index (χ3v) is 8.43. The van der Waals surface area contributed by atoms with Crippen LogP contribution in [0.25, 0.3) is 11.1 Å². The fraction of sp³-hybridized carbons (Fsp3) is 0.471. The molecule has 260 valence electrons. The molecule has 6 N–H and O–H groups in total. The zero-order valence-corrected chi connectivity index (χ0v) is 29.7. The molecular weight excluding hydrogens is 645 g/mol. The van der Waals surface area contributed by atoms with Crippen LogP contribution in [0.15, 0.2) is 53.4 Å². The number of nitrogens with two attached hydrogens (primary N) is 2. The molecule has 10 nitrogen and oxygen atoms in total. The van der Waals surface area contributed by atoms with Crippen LogP contribution in [-0.2, 0) is 30.3 Å². The summed E-state index contributed by atoms with van der Waals surface area (Å²) in [5.74, 6) is -1.79. The van der Waals surface area contributed by atoms with Crippen molar-refractivity contribution in [3.05, 3.63) is 69.8 Å². The number of likely N-dealkylation sites (tertiary alicyclic amines) is 1. The summed E-state index contributed by atoms with van der Waals surface area (Å²) in [4.78, 5) is 36.8. The van der Waals surface area contributed by atoms with Crippen molar-refractivity contribution in [3.8, 4) is 11.1 Å². The Labute approximate surface area is 287 Å². The number of ether oxygens (including phenoxy) is 2. The molecule has 3 aliphatic rings. The predicted octanol–water partition coefficient (Wildman–Crippen LogP) is 5.65. The van der Waals surface area contributed by atoms with Crippen LogP contribution in [0.2, 0.25) is 5.02 Å². The molecule has 0 saturated carbocycles. The number of halogens is 2. The van der Waals surface area contributed by atoms with Crippen LogP contribution in [-0.4, -0.2) is 72.3 Å². The summed E-state index contributed by atoms with van der Waals surface area (Å²) in [5.41, 5.74) is 12.8. The van der Waals surface area contributed by atoms with Gasteiger partial charge in [-0.15, -0.1) is 11.8 Å². The first kappa shape index (κ1) is 41.6. The highest BCUT2D eigenvalue weighted by atomic mass is 35.5. The highest BCUT2D eigenvalue weighted by Gasteiger charge is 2.52. The van der Waals surface area contributed by atoms with Crippen molar-refractivity contribution >= 4 is 47.4 Å². The first-order chi connectivity index (χ1) is 22.6. The summed E-state index contributed by atoms with van der Waals surface area (Å²) in [7, 11) is 0. The Morgan fingerprint density at radius 2 is 1.70 bits per heavy atom. The number of nitrogens with one attached hydrogen (secondary N) is 2.